The Kier molecular flexibility index (Phi) is 14.8. The number of carboxylic acids is 4. The van der Waals surface area contributed by atoms with Crippen LogP contribution in [-0.2, 0) is 19.2 Å². The summed E-state index contributed by atoms with van der Waals surface area (Å²) in [7, 11) is 0. The molecule has 0 aromatic heterocycles. The monoisotopic (exact) mass is 310 g/mol. The van der Waals surface area contributed by atoms with Gasteiger partial charge in [-0.05, 0) is 0 Å². The summed E-state index contributed by atoms with van der Waals surface area (Å²) in [5, 5.41) is 48.3. The van der Waals surface area contributed by atoms with E-state index >= 15 is 0 Å². The average molecular weight is 310 g/mol. The van der Waals surface area contributed by atoms with Crippen molar-refractivity contribution in [1.82, 2.24) is 0 Å². The van der Waals surface area contributed by atoms with Crippen LogP contribution in [0.5, 0.6) is 0 Å². The summed E-state index contributed by atoms with van der Waals surface area (Å²) in [5.41, 5.74) is 0. The van der Waals surface area contributed by atoms with E-state index in [9.17, 15) is 19.2 Å². The Balaban J connectivity index is -0.000000256. The molecule has 0 rings (SSSR count). The van der Waals surface area contributed by atoms with Gasteiger partial charge in [0.25, 0.3) is 0 Å². The third-order valence-electron chi connectivity index (χ3n) is 1.31. The maximum absolute atomic E-state index is 9.72. The molecule has 0 heterocycles. The first kappa shape index (κ1) is 23.2. The molecule has 0 saturated carbocycles. The van der Waals surface area contributed by atoms with Gasteiger partial charge in [-0.3, -0.25) is 9.59 Å². The van der Waals surface area contributed by atoms with Crippen molar-refractivity contribution in [3.05, 3.63) is 0 Å². The molecule has 0 spiro atoms. The molecule has 10 nitrogen and oxygen atoms in total. The van der Waals surface area contributed by atoms with Crippen LogP contribution in [0, 0.1) is 0 Å². The van der Waals surface area contributed by atoms with Crippen LogP contribution in [0.3, 0.4) is 0 Å². The second-order valence-electron chi connectivity index (χ2n) is 2.90. The van der Waals surface area contributed by atoms with E-state index in [1.807, 2.05) is 0 Å². The second-order valence-corrected chi connectivity index (χ2v) is 2.90. The van der Waals surface area contributed by atoms with Gasteiger partial charge in [-0.1, -0.05) is 0 Å². The van der Waals surface area contributed by atoms with Crippen LogP contribution in [0.15, 0.2) is 0 Å². The number of rotatable bonds is 6. The molecular weight excluding hydrogens is 296 g/mol. The zero-order valence-electron chi connectivity index (χ0n) is 8.89. The number of aliphatic hydroxyl groups is 2. The van der Waals surface area contributed by atoms with Crippen LogP contribution in [-0.4, -0.2) is 104 Å². The van der Waals surface area contributed by atoms with Gasteiger partial charge in [-0.15, -0.1) is 0 Å². The number of aliphatic hydroxyl groups excluding tert-OH is 2. The Hall–Kier alpha value is -0.940. The minimum atomic E-state index is -1.79. The summed E-state index contributed by atoms with van der Waals surface area (Å²) < 4.78 is 0. The van der Waals surface area contributed by atoms with Crippen LogP contribution in [0.4, 0.5) is 0 Å². The first-order valence-corrected chi connectivity index (χ1v) is 4.33. The predicted octanol–water partition coefficient (Wildman–Crippen LogP) is -3.10. The molecule has 0 aliphatic carbocycles. The van der Waals surface area contributed by atoms with Gasteiger partial charge in [0, 0.05) is 0 Å². The third-order valence-corrected chi connectivity index (χ3v) is 1.31. The molecule has 0 aromatic rings. The average Bonchev–Trinajstić information content (AvgIpc) is 2.16. The molecule has 11 heteroatoms. The molecule has 2 unspecified atom stereocenters. The number of carboxylic acid groups (broad SMARTS) is 4. The molecule has 0 aliphatic heterocycles. The fourth-order valence-electron chi connectivity index (χ4n) is 0.505. The van der Waals surface area contributed by atoms with Crippen LogP contribution in [0.2, 0.25) is 0 Å². The first-order chi connectivity index (χ1) is 8.07. The van der Waals surface area contributed by atoms with Gasteiger partial charge < -0.3 is 30.6 Å². The van der Waals surface area contributed by atoms with Crippen LogP contribution < -0.4 is 0 Å². The Labute approximate surface area is 136 Å². The second kappa shape index (κ2) is 12.1. The van der Waals surface area contributed by atoms with Gasteiger partial charge in [-0.2, -0.15) is 0 Å². The number of hydrogen-bond donors (Lipinski definition) is 6. The van der Waals surface area contributed by atoms with E-state index in [0.29, 0.717) is 0 Å². The van der Waals surface area contributed by atoms with E-state index in [0.717, 1.165) is 0 Å². The minimum absolute atomic E-state index is 0. The van der Waals surface area contributed by atoms with Crippen molar-refractivity contribution >= 4 is 61.6 Å². The zero-order chi connectivity index (χ0) is 14.9. The summed E-state index contributed by atoms with van der Waals surface area (Å²) in [4.78, 5) is 38.8. The van der Waals surface area contributed by atoms with Crippen molar-refractivity contribution in [2.75, 3.05) is 0 Å². The Morgan fingerprint density at radius 3 is 0.947 bits per heavy atom. The van der Waals surface area contributed by atoms with E-state index in [1.54, 1.807) is 0 Å². The van der Waals surface area contributed by atoms with Crippen LogP contribution in [0.1, 0.15) is 12.8 Å². The van der Waals surface area contributed by atoms with Gasteiger partial charge >= 0.3 is 61.6 Å². The van der Waals surface area contributed by atoms with E-state index in [1.165, 1.54) is 0 Å². The standard InChI is InChI=1S/2C4H6O5.Ca.2H/c2*5-2(4(8)9)1-3(6)7;;;/h2*2,5H,1H2,(H,6,7)(H,8,9);;;. The van der Waals surface area contributed by atoms with E-state index < -0.39 is 48.9 Å². The van der Waals surface area contributed by atoms with Crippen LogP contribution in [0.25, 0.3) is 0 Å². The van der Waals surface area contributed by atoms with E-state index in [-0.39, 0.29) is 37.7 Å². The van der Waals surface area contributed by atoms with E-state index in [2.05, 4.69) is 0 Å². The van der Waals surface area contributed by atoms with Crippen molar-refractivity contribution in [3.63, 3.8) is 0 Å². The maximum atomic E-state index is 9.72. The quantitative estimate of drug-likeness (QED) is 0.274. The third kappa shape index (κ3) is 17.1. The molecule has 108 valence electrons. The molecule has 2 atom stereocenters. The van der Waals surface area contributed by atoms with Crippen molar-refractivity contribution in [2.45, 2.75) is 25.0 Å². The topological polar surface area (TPSA) is 190 Å². The zero-order valence-corrected chi connectivity index (χ0v) is 8.89. The van der Waals surface area contributed by atoms with Crippen molar-refractivity contribution in [1.29, 1.82) is 0 Å². The number of aliphatic carboxylic acids is 4. The normalized spacial score (nSPS) is 11.9. The number of carbonyl (C=O) groups is 4. The van der Waals surface area contributed by atoms with Crippen molar-refractivity contribution < 1.29 is 49.8 Å². The summed E-state index contributed by atoms with van der Waals surface area (Å²) in [6, 6.07) is 0. The summed E-state index contributed by atoms with van der Waals surface area (Å²) in [5.74, 6) is -5.69. The molecule has 0 aliphatic rings. The first-order valence-electron chi connectivity index (χ1n) is 4.33. The van der Waals surface area contributed by atoms with Crippen LogP contribution >= 0.6 is 0 Å². The Morgan fingerprint density at radius 1 is 0.684 bits per heavy atom. The van der Waals surface area contributed by atoms with Gasteiger partial charge in [-0.25, -0.2) is 9.59 Å². The molecular formula is C8H14CaO10. The SMILES string of the molecule is O=C(O)CC(O)C(=O)O.O=C(O)CC(O)C(=O)O.[CaH2]. The summed E-state index contributed by atoms with van der Waals surface area (Å²) >= 11 is 0. The Morgan fingerprint density at radius 2 is 0.895 bits per heavy atom. The fraction of sp³-hybridized carbons (Fsp3) is 0.500. The molecule has 0 saturated heterocycles. The molecule has 0 fully saturated rings. The van der Waals surface area contributed by atoms with E-state index in [4.69, 9.17) is 30.6 Å². The Bertz CT molecular complexity index is 295. The molecule has 19 heavy (non-hydrogen) atoms. The predicted molar refractivity (Wildman–Crippen MR) is 60.3 cm³/mol. The molecule has 0 amide bonds. The van der Waals surface area contributed by atoms with Gasteiger partial charge in [0.2, 0.25) is 0 Å². The molecule has 0 radical (unpaired) electrons. The molecule has 0 bridgehead atoms. The fourth-order valence-corrected chi connectivity index (χ4v) is 0.505. The molecule has 0 aromatic carbocycles. The van der Waals surface area contributed by atoms with Crippen molar-refractivity contribution in [3.8, 4) is 0 Å². The van der Waals surface area contributed by atoms with Gasteiger partial charge in [0.15, 0.2) is 12.2 Å². The summed E-state index contributed by atoms with van der Waals surface area (Å²) in [6.45, 7) is 0. The van der Waals surface area contributed by atoms with Gasteiger partial charge in [0.1, 0.15) is 0 Å². The summed E-state index contributed by atoms with van der Waals surface area (Å²) in [6.07, 6.45) is -5.09. The molecule has 6 N–H and O–H groups in total. The van der Waals surface area contributed by atoms with Gasteiger partial charge in [0.05, 0.1) is 12.8 Å². The van der Waals surface area contributed by atoms with Crippen molar-refractivity contribution in [2.24, 2.45) is 0 Å². The number of hydrogen-bond acceptors (Lipinski definition) is 6.